The molecule has 2 atom stereocenters. The Balaban J connectivity index is 2.52. The number of ketones is 1. The molecule has 1 rings (SSSR count). The molecular formula is C14H19O5P. The lowest BCUT2D eigenvalue weighted by Gasteiger charge is -2.12. The van der Waals surface area contributed by atoms with E-state index in [1.54, 1.807) is 0 Å². The molecular weight excluding hydrogens is 279 g/mol. The predicted octanol–water partition coefficient (Wildman–Crippen LogP) is 2.14. The largest absolute Gasteiger partial charge is 0.455 e. The van der Waals surface area contributed by atoms with Gasteiger partial charge in [-0.3, -0.25) is 9.36 Å². The Kier molecular flexibility index (Phi) is 5.66. The molecule has 0 aliphatic carbocycles. The summed E-state index contributed by atoms with van der Waals surface area (Å²) in [5.41, 5.74) is 1.87. The summed E-state index contributed by atoms with van der Waals surface area (Å²) >= 11 is 0. The van der Waals surface area contributed by atoms with Crippen LogP contribution in [0.25, 0.3) is 0 Å². The van der Waals surface area contributed by atoms with Gasteiger partial charge in [0, 0.05) is 18.7 Å². The third-order valence-electron chi connectivity index (χ3n) is 2.75. The van der Waals surface area contributed by atoms with E-state index in [-0.39, 0.29) is 12.8 Å². The van der Waals surface area contributed by atoms with Gasteiger partial charge in [-0.1, -0.05) is 36.8 Å². The Hall–Kier alpha value is -1.45. The molecule has 0 fully saturated rings. The monoisotopic (exact) mass is 298 g/mol. The van der Waals surface area contributed by atoms with Crippen LogP contribution in [-0.4, -0.2) is 29.5 Å². The second kappa shape index (κ2) is 6.82. The number of Topliss-reactive ketones (excluding diaryl/α,β-unsaturated/α-hetero) is 1. The van der Waals surface area contributed by atoms with E-state index in [0.29, 0.717) is 0 Å². The molecule has 0 aliphatic heterocycles. The van der Waals surface area contributed by atoms with Gasteiger partial charge in [0.2, 0.25) is 5.78 Å². The molecule has 0 saturated carbocycles. The number of benzene rings is 1. The molecule has 0 aliphatic rings. The molecule has 1 N–H and O–H groups in total. The molecule has 6 heteroatoms. The van der Waals surface area contributed by atoms with Crippen LogP contribution in [0.5, 0.6) is 0 Å². The van der Waals surface area contributed by atoms with Gasteiger partial charge >= 0.3 is 5.97 Å². The fraction of sp³-hybridized carbons (Fsp3) is 0.429. The highest BCUT2D eigenvalue weighted by molar-refractivity contribution is 7.57. The highest BCUT2D eigenvalue weighted by Gasteiger charge is 2.27. The fourth-order valence-electron chi connectivity index (χ4n) is 1.70. The van der Waals surface area contributed by atoms with Crippen LogP contribution < -0.4 is 0 Å². The minimum absolute atomic E-state index is 0.0144. The fourth-order valence-corrected chi connectivity index (χ4v) is 2.88. The number of hydrogen-bond donors (Lipinski definition) is 1. The predicted molar refractivity (Wildman–Crippen MR) is 75.8 cm³/mol. The molecule has 2 unspecified atom stereocenters. The lowest BCUT2D eigenvalue weighted by molar-refractivity contribution is -0.156. The highest BCUT2D eigenvalue weighted by atomic mass is 31.2. The number of rotatable bonds is 6. The van der Waals surface area contributed by atoms with Crippen molar-refractivity contribution in [1.29, 1.82) is 0 Å². The number of ether oxygens (including phenoxy) is 1. The summed E-state index contributed by atoms with van der Waals surface area (Å²) < 4.78 is 16.1. The minimum Gasteiger partial charge on any atom is -0.455 e. The first-order chi connectivity index (χ1) is 9.19. The third-order valence-corrected chi connectivity index (χ3v) is 3.98. The standard InChI is InChI=1S/C14H19O5P/c1-10-4-6-12(7-5-10)8-19-14(16)13(15)11(2)9-20(3,17)18/h4-7,11H,8-9H2,1-3H3,(H,17,18). The molecule has 0 amide bonds. The first kappa shape index (κ1) is 16.6. The first-order valence-electron chi connectivity index (χ1n) is 6.25. The van der Waals surface area contributed by atoms with Gasteiger partial charge < -0.3 is 9.63 Å². The van der Waals surface area contributed by atoms with Gasteiger partial charge in [0.25, 0.3) is 0 Å². The van der Waals surface area contributed by atoms with Gasteiger partial charge in [-0.25, -0.2) is 4.79 Å². The maximum absolute atomic E-state index is 11.7. The van der Waals surface area contributed by atoms with Gasteiger partial charge in [0.05, 0.1) is 0 Å². The molecule has 1 aromatic carbocycles. The van der Waals surface area contributed by atoms with Crippen LogP contribution in [0.3, 0.4) is 0 Å². The number of carbonyl (C=O) groups is 2. The van der Waals surface area contributed by atoms with Crippen molar-refractivity contribution in [3.63, 3.8) is 0 Å². The van der Waals surface area contributed by atoms with Gasteiger partial charge in [0.1, 0.15) is 6.61 Å². The van der Waals surface area contributed by atoms with Crippen LogP contribution in [0, 0.1) is 12.8 Å². The SMILES string of the molecule is Cc1ccc(COC(=O)C(=O)C(C)CP(C)(=O)O)cc1. The Bertz CT molecular complexity index is 529. The van der Waals surface area contributed by atoms with Crippen LogP contribution in [0.2, 0.25) is 0 Å². The van der Waals surface area contributed by atoms with Crippen molar-refractivity contribution in [2.24, 2.45) is 5.92 Å². The van der Waals surface area contributed by atoms with E-state index in [1.807, 2.05) is 31.2 Å². The summed E-state index contributed by atoms with van der Waals surface area (Å²) in [6.45, 7) is 4.57. The van der Waals surface area contributed by atoms with E-state index in [4.69, 9.17) is 4.74 Å². The summed E-state index contributed by atoms with van der Waals surface area (Å²) in [6, 6.07) is 7.38. The third kappa shape index (κ3) is 5.68. The highest BCUT2D eigenvalue weighted by Crippen LogP contribution is 2.37. The van der Waals surface area contributed by atoms with Crippen molar-refractivity contribution in [1.82, 2.24) is 0 Å². The van der Waals surface area contributed by atoms with Gasteiger partial charge in [0.15, 0.2) is 7.37 Å². The Morgan fingerprint density at radius 3 is 2.35 bits per heavy atom. The lowest BCUT2D eigenvalue weighted by Crippen LogP contribution is -2.26. The van der Waals surface area contributed by atoms with Crippen molar-refractivity contribution in [2.75, 3.05) is 12.8 Å². The van der Waals surface area contributed by atoms with Crippen molar-refractivity contribution < 1.29 is 23.8 Å². The first-order valence-corrected chi connectivity index (χ1v) is 8.54. The zero-order chi connectivity index (χ0) is 15.3. The van der Waals surface area contributed by atoms with Gasteiger partial charge in [-0.2, -0.15) is 0 Å². The van der Waals surface area contributed by atoms with E-state index in [9.17, 15) is 19.0 Å². The van der Waals surface area contributed by atoms with Crippen molar-refractivity contribution in [2.45, 2.75) is 20.5 Å². The summed E-state index contributed by atoms with van der Waals surface area (Å²) in [6.07, 6.45) is -0.217. The maximum atomic E-state index is 11.7. The quantitative estimate of drug-likeness (QED) is 0.494. The van der Waals surface area contributed by atoms with Gasteiger partial charge in [-0.05, 0) is 12.5 Å². The van der Waals surface area contributed by atoms with Crippen LogP contribution in [-0.2, 0) is 25.5 Å². The molecule has 0 aromatic heterocycles. The zero-order valence-electron chi connectivity index (χ0n) is 11.8. The molecule has 0 spiro atoms. The topological polar surface area (TPSA) is 80.7 Å². The summed E-state index contributed by atoms with van der Waals surface area (Å²) in [5, 5.41) is 0. The molecule has 0 radical (unpaired) electrons. The van der Waals surface area contributed by atoms with Crippen molar-refractivity contribution in [3.05, 3.63) is 35.4 Å². The van der Waals surface area contributed by atoms with Crippen molar-refractivity contribution >= 4 is 19.1 Å². The van der Waals surface area contributed by atoms with Crippen LogP contribution in [0.4, 0.5) is 0 Å². The zero-order valence-corrected chi connectivity index (χ0v) is 12.7. The van der Waals surface area contributed by atoms with E-state index in [2.05, 4.69) is 0 Å². The molecule has 0 saturated heterocycles. The summed E-state index contributed by atoms with van der Waals surface area (Å²) in [7, 11) is -3.33. The normalized spacial score (nSPS) is 15.2. The lowest BCUT2D eigenvalue weighted by atomic mass is 10.1. The van der Waals surface area contributed by atoms with Crippen LogP contribution >= 0.6 is 7.37 Å². The molecule has 5 nitrogen and oxygen atoms in total. The average Bonchev–Trinajstić information content (AvgIpc) is 2.34. The Morgan fingerprint density at radius 1 is 1.30 bits per heavy atom. The Morgan fingerprint density at radius 2 is 1.85 bits per heavy atom. The average molecular weight is 298 g/mol. The molecule has 1 aromatic rings. The van der Waals surface area contributed by atoms with E-state index in [1.165, 1.54) is 6.92 Å². The number of esters is 1. The van der Waals surface area contributed by atoms with E-state index < -0.39 is 25.0 Å². The number of hydrogen-bond acceptors (Lipinski definition) is 4. The molecule has 0 heterocycles. The van der Waals surface area contributed by atoms with Crippen LogP contribution in [0.15, 0.2) is 24.3 Å². The number of carbonyl (C=O) groups excluding carboxylic acids is 2. The Labute approximate surface area is 118 Å². The number of aryl methyl sites for hydroxylation is 1. The second-order valence-electron chi connectivity index (χ2n) is 5.06. The van der Waals surface area contributed by atoms with Gasteiger partial charge in [-0.15, -0.1) is 0 Å². The molecule has 110 valence electrons. The van der Waals surface area contributed by atoms with Crippen molar-refractivity contribution in [3.8, 4) is 0 Å². The summed E-state index contributed by atoms with van der Waals surface area (Å²) in [5.74, 6) is -2.55. The van der Waals surface area contributed by atoms with E-state index >= 15 is 0 Å². The molecule has 20 heavy (non-hydrogen) atoms. The smallest absolute Gasteiger partial charge is 0.375 e. The molecule has 0 bridgehead atoms. The minimum atomic E-state index is -3.33. The van der Waals surface area contributed by atoms with Crippen LogP contribution in [0.1, 0.15) is 18.1 Å². The maximum Gasteiger partial charge on any atom is 0.375 e. The summed E-state index contributed by atoms with van der Waals surface area (Å²) in [4.78, 5) is 32.5. The second-order valence-corrected chi connectivity index (χ2v) is 7.53. The van der Waals surface area contributed by atoms with E-state index in [0.717, 1.165) is 17.8 Å².